The lowest BCUT2D eigenvalue weighted by Crippen LogP contribution is -2.27. The standard InChI is InChI=1S/C25H28N2O4/c1-15-4-3-5-16(12-15)13-22-23(24(26)28)20-11-10-19(14-21(20)27(22)2)31-18-8-6-17(7-9-18)25(29)30/h3-5,10-12,14,17-18H,6-9,13H2,1-2H3,(H2,26,28)(H,29,30)/t17-,18+. The van der Waals surface area contributed by atoms with E-state index in [1.54, 1.807) is 0 Å². The number of hydrogen-bond donors (Lipinski definition) is 2. The van der Waals surface area contributed by atoms with Gasteiger partial charge in [-0.05, 0) is 50.3 Å². The second-order valence-corrected chi connectivity index (χ2v) is 8.52. The molecule has 1 heterocycles. The molecular weight excluding hydrogens is 392 g/mol. The summed E-state index contributed by atoms with van der Waals surface area (Å²) in [7, 11) is 1.95. The van der Waals surface area contributed by atoms with Crippen LogP contribution in [0.15, 0.2) is 42.5 Å². The van der Waals surface area contributed by atoms with Gasteiger partial charge >= 0.3 is 5.97 Å². The maximum absolute atomic E-state index is 12.3. The average molecular weight is 421 g/mol. The van der Waals surface area contributed by atoms with Crippen LogP contribution in [0.1, 0.15) is 52.9 Å². The van der Waals surface area contributed by atoms with Gasteiger partial charge in [-0.25, -0.2) is 0 Å². The van der Waals surface area contributed by atoms with E-state index in [2.05, 4.69) is 12.1 Å². The monoisotopic (exact) mass is 420 g/mol. The minimum atomic E-state index is -0.719. The van der Waals surface area contributed by atoms with Crippen molar-refractivity contribution in [3.05, 3.63) is 64.8 Å². The minimum absolute atomic E-state index is 0.00990. The fourth-order valence-corrected chi connectivity index (χ4v) is 4.66. The van der Waals surface area contributed by atoms with Gasteiger partial charge in [0, 0.05) is 30.6 Å². The largest absolute Gasteiger partial charge is 0.490 e. The molecule has 0 radical (unpaired) electrons. The first-order chi connectivity index (χ1) is 14.8. The lowest BCUT2D eigenvalue weighted by molar-refractivity contribution is -0.143. The number of nitrogens with zero attached hydrogens (tertiary/aromatic N) is 1. The van der Waals surface area contributed by atoms with E-state index >= 15 is 0 Å². The van der Waals surface area contributed by atoms with Crippen LogP contribution in [0.25, 0.3) is 10.9 Å². The van der Waals surface area contributed by atoms with Crippen molar-refractivity contribution in [2.75, 3.05) is 0 Å². The van der Waals surface area contributed by atoms with Crippen molar-refractivity contribution in [3.63, 3.8) is 0 Å². The Bertz CT molecular complexity index is 1140. The molecule has 1 amide bonds. The Hall–Kier alpha value is -3.28. The summed E-state index contributed by atoms with van der Waals surface area (Å²) in [6.45, 7) is 2.05. The Morgan fingerprint density at radius 1 is 1.13 bits per heavy atom. The highest BCUT2D eigenvalue weighted by Gasteiger charge is 2.27. The molecule has 1 aromatic heterocycles. The molecule has 1 fully saturated rings. The molecule has 4 rings (SSSR count). The van der Waals surface area contributed by atoms with Crippen LogP contribution in [0, 0.1) is 12.8 Å². The van der Waals surface area contributed by atoms with Gasteiger partial charge in [-0.15, -0.1) is 0 Å². The van der Waals surface area contributed by atoms with Gasteiger partial charge in [0.25, 0.3) is 5.91 Å². The summed E-state index contributed by atoms with van der Waals surface area (Å²) in [6, 6.07) is 13.9. The number of carboxylic acids is 1. The van der Waals surface area contributed by atoms with Gasteiger partial charge in [-0.2, -0.15) is 0 Å². The van der Waals surface area contributed by atoms with E-state index < -0.39 is 11.9 Å². The summed E-state index contributed by atoms with van der Waals surface area (Å²) < 4.78 is 8.19. The average Bonchev–Trinajstić information content (AvgIpc) is 3.00. The van der Waals surface area contributed by atoms with Crippen LogP contribution in [0.3, 0.4) is 0 Å². The Morgan fingerprint density at radius 3 is 2.52 bits per heavy atom. The van der Waals surface area contributed by atoms with Crippen molar-refractivity contribution in [3.8, 4) is 5.75 Å². The van der Waals surface area contributed by atoms with Crippen LogP contribution < -0.4 is 10.5 Å². The minimum Gasteiger partial charge on any atom is -0.490 e. The zero-order chi connectivity index (χ0) is 22.1. The first-order valence-corrected chi connectivity index (χ1v) is 10.7. The molecule has 0 aliphatic heterocycles. The van der Waals surface area contributed by atoms with Crippen LogP contribution in [0.2, 0.25) is 0 Å². The quantitative estimate of drug-likeness (QED) is 0.625. The Kier molecular flexibility index (Phi) is 5.72. The van der Waals surface area contributed by atoms with Gasteiger partial charge in [-0.1, -0.05) is 29.8 Å². The second kappa shape index (κ2) is 8.46. The molecule has 3 aromatic rings. The number of carbonyl (C=O) groups is 2. The Morgan fingerprint density at radius 2 is 1.87 bits per heavy atom. The van der Waals surface area contributed by atoms with Crippen LogP contribution in [0.4, 0.5) is 0 Å². The predicted octanol–water partition coefficient (Wildman–Crippen LogP) is 4.20. The van der Waals surface area contributed by atoms with Gasteiger partial charge in [-0.3, -0.25) is 9.59 Å². The topological polar surface area (TPSA) is 94.6 Å². The molecule has 0 bridgehead atoms. The third-order valence-corrected chi connectivity index (χ3v) is 6.32. The zero-order valence-electron chi connectivity index (χ0n) is 17.9. The van der Waals surface area contributed by atoms with Crippen molar-refractivity contribution in [1.29, 1.82) is 0 Å². The Labute approximate surface area is 181 Å². The second-order valence-electron chi connectivity index (χ2n) is 8.52. The van der Waals surface area contributed by atoms with E-state index in [-0.39, 0.29) is 12.0 Å². The Balaban J connectivity index is 1.63. The first kappa shape index (κ1) is 21.0. The summed E-state index contributed by atoms with van der Waals surface area (Å²) >= 11 is 0. The number of hydrogen-bond acceptors (Lipinski definition) is 3. The molecule has 1 aliphatic carbocycles. The van der Waals surface area contributed by atoms with E-state index in [1.165, 1.54) is 5.56 Å². The van der Waals surface area contributed by atoms with Gasteiger partial charge in [0.1, 0.15) is 5.75 Å². The summed E-state index contributed by atoms with van der Waals surface area (Å²) in [6.07, 6.45) is 3.36. The van der Waals surface area contributed by atoms with E-state index in [4.69, 9.17) is 10.5 Å². The fourth-order valence-electron chi connectivity index (χ4n) is 4.66. The van der Waals surface area contributed by atoms with Crippen LogP contribution >= 0.6 is 0 Å². The number of ether oxygens (including phenoxy) is 1. The summed E-state index contributed by atoms with van der Waals surface area (Å²) in [5, 5.41) is 9.99. The fraction of sp³-hybridized carbons (Fsp3) is 0.360. The number of primary amides is 1. The van der Waals surface area contributed by atoms with Crippen molar-refractivity contribution in [2.45, 2.75) is 45.1 Å². The molecule has 0 unspecified atom stereocenters. The molecule has 162 valence electrons. The summed E-state index contributed by atoms with van der Waals surface area (Å²) in [4.78, 5) is 23.5. The third-order valence-electron chi connectivity index (χ3n) is 6.32. The number of rotatable bonds is 6. The molecule has 3 N–H and O–H groups in total. The maximum Gasteiger partial charge on any atom is 0.306 e. The smallest absolute Gasteiger partial charge is 0.306 e. The molecule has 0 atom stereocenters. The molecule has 1 aliphatic rings. The van der Waals surface area contributed by atoms with Crippen LogP contribution in [0.5, 0.6) is 5.75 Å². The van der Waals surface area contributed by atoms with Crippen molar-refractivity contribution in [1.82, 2.24) is 4.57 Å². The lowest BCUT2D eigenvalue weighted by Gasteiger charge is -2.26. The number of amides is 1. The molecule has 6 heteroatoms. The highest BCUT2D eigenvalue weighted by atomic mass is 16.5. The summed E-state index contributed by atoms with van der Waals surface area (Å²) in [5.74, 6) is -0.694. The lowest BCUT2D eigenvalue weighted by atomic mass is 9.87. The van der Waals surface area contributed by atoms with Gasteiger partial charge in [0.15, 0.2) is 0 Å². The molecule has 1 saturated carbocycles. The molecule has 31 heavy (non-hydrogen) atoms. The number of carboxylic acid groups (broad SMARTS) is 1. The van der Waals surface area contributed by atoms with Crippen molar-refractivity contribution >= 4 is 22.8 Å². The van der Waals surface area contributed by atoms with Gasteiger partial charge in [0.2, 0.25) is 0 Å². The van der Waals surface area contributed by atoms with E-state index in [9.17, 15) is 14.7 Å². The van der Waals surface area contributed by atoms with Gasteiger partial charge < -0.3 is 20.1 Å². The number of aryl methyl sites for hydroxylation is 2. The van der Waals surface area contributed by atoms with Gasteiger partial charge in [0.05, 0.1) is 23.1 Å². The van der Waals surface area contributed by atoms with Crippen LogP contribution in [-0.2, 0) is 18.3 Å². The highest BCUT2D eigenvalue weighted by molar-refractivity contribution is 6.08. The summed E-state index contributed by atoms with van der Waals surface area (Å²) in [5.41, 5.74) is 10.4. The van der Waals surface area contributed by atoms with Crippen molar-refractivity contribution < 1.29 is 19.4 Å². The number of nitrogens with two attached hydrogens (primary N) is 1. The normalized spacial score (nSPS) is 18.8. The molecule has 6 nitrogen and oxygen atoms in total. The van der Waals surface area contributed by atoms with E-state index in [0.717, 1.165) is 40.8 Å². The molecule has 2 aromatic carbocycles. The van der Waals surface area contributed by atoms with Crippen LogP contribution in [-0.4, -0.2) is 27.7 Å². The number of fused-ring (bicyclic) bond motifs is 1. The number of carbonyl (C=O) groups excluding carboxylic acids is 1. The van der Waals surface area contributed by atoms with E-state index in [0.29, 0.717) is 24.8 Å². The number of benzene rings is 2. The third kappa shape index (κ3) is 4.29. The first-order valence-electron chi connectivity index (χ1n) is 10.7. The highest BCUT2D eigenvalue weighted by Crippen LogP contribution is 2.32. The predicted molar refractivity (Wildman–Crippen MR) is 119 cm³/mol. The SMILES string of the molecule is Cc1cccc(Cc2c(C(N)=O)c3ccc(O[C@H]4CC[C@@H](C(=O)O)CC4)cc3n2C)c1. The number of aromatic nitrogens is 1. The maximum atomic E-state index is 12.3. The molecular formula is C25H28N2O4. The molecule has 0 saturated heterocycles. The number of aliphatic carboxylic acids is 1. The van der Waals surface area contributed by atoms with Crippen molar-refractivity contribution in [2.24, 2.45) is 18.7 Å². The molecule has 0 spiro atoms. The zero-order valence-corrected chi connectivity index (χ0v) is 17.9. The van der Waals surface area contributed by atoms with E-state index in [1.807, 2.05) is 48.9 Å².